The molecule has 0 saturated carbocycles. The molecule has 0 amide bonds. The van der Waals surface area contributed by atoms with Gasteiger partial charge in [-0.1, -0.05) is 30.3 Å². The summed E-state index contributed by atoms with van der Waals surface area (Å²) in [5.74, 6) is 0. The summed E-state index contributed by atoms with van der Waals surface area (Å²) < 4.78 is 0. The molecule has 1 aromatic carbocycles. The number of rotatable bonds is 3. The molecule has 72 valence electrons. The molecule has 0 fully saturated rings. The van der Waals surface area contributed by atoms with Crippen LogP contribution in [0.15, 0.2) is 36.4 Å². The predicted molar refractivity (Wildman–Crippen MR) is 62.4 cm³/mol. The summed E-state index contributed by atoms with van der Waals surface area (Å²) in [6.07, 6.45) is 5.54. The first kappa shape index (κ1) is 10.4. The minimum Gasteiger partial charge on any atom is -0.372 e. The third-order valence-corrected chi connectivity index (χ3v) is 1.57. The molecular weight excluding hydrogens is 194 g/mol. The molecule has 0 heterocycles. The first-order chi connectivity index (χ1) is 6.79. The average molecular weight is 206 g/mol. The Kier molecular flexibility index (Phi) is 4.37. The van der Waals surface area contributed by atoms with Crippen molar-refractivity contribution in [2.45, 2.75) is 0 Å². The minimum atomic E-state index is 0.217. The fourth-order valence-corrected chi connectivity index (χ4v) is 0.943. The lowest BCUT2D eigenvalue weighted by Gasteiger charge is -1.87. The zero-order chi connectivity index (χ0) is 10.2. The summed E-state index contributed by atoms with van der Waals surface area (Å²) in [5, 5.41) is 2.94. The number of benzene rings is 1. The van der Waals surface area contributed by atoms with E-state index in [0.717, 1.165) is 5.56 Å². The summed E-state index contributed by atoms with van der Waals surface area (Å²) >= 11 is 4.60. The summed E-state index contributed by atoms with van der Waals surface area (Å²) in [5.41, 5.74) is 8.92. The summed E-state index contributed by atoms with van der Waals surface area (Å²) in [4.78, 5) is 0. The Hall–Kier alpha value is -1.68. The van der Waals surface area contributed by atoms with Crippen molar-refractivity contribution in [3.05, 3.63) is 42.0 Å². The molecule has 0 saturated heterocycles. The molecule has 0 aromatic heterocycles. The summed E-state index contributed by atoms with van der Waals surface area (Å²) in [6, 6.07) is 9.99. The van der Waals surface area contributed by atoms with Gasteiger partial charge in [0, 0.05) is 6.08 Å². The fourth-order valence-electron chi connectivity index (χ4n) is 0.884. The second kappa shape index (κ2) is 5.88. The van der Waals surface area contributed by atoms with E-state index in [1.165, 1.54) is 0 Å². The number of hydrazine groups is 1. The van der Waals surface area contributed by atoms with Crippen molar-refractivity contribution in [1.82, 2.24) is 5.43 Å². The van der Waals surface area contributed by atoms with Crippen LogP contribution in [0.25, 0.3) is 6.08 Å². The second-order valence-electron chi connectivity index (χ2n) is 2.57. The van der Waals surface area contributed by atoms with Gasteiger partial charge in [0.2, 0.25) is 5.11 Å². The van der Waals surface area contributed by atoms with E-state index >= 15 is 0 Å². The number of thiocarbonyl (C=S) groups is 1. The molecule has 0 radical (unpaired) electrons. The second-order valence-corrected chi connectivity index (χ2v) is 3.01. The van der Waals surface area contributed by atoms with Gasteiger partial charge in [-0.05, 0) is 23.9 Å². The van der Waals surface area contributed by atoms with Crippen LogP contribution in [0.5, 0.6) is 0 Å². The van der Waals surface area contributed by atoms with Gasteiger partial charge in [0.15, 0.2) is 6.21 Å². The van der Waals surface area contributed by atoms with Gasteiger partial charge in [0.25, 0.3) is 0 Å². The van der Waals surface area contributed by atoms with E-state index in [-0.39, 0.29) is 5.11 Å². The lowest BCUT2D eigenvalue weighted by atomic mass is 10.2. The Morgan fingerprint density at radius 1 is 1.36 bits per heavy atom. The number of hydrazone groups is 1. The van der Waals surface area contributed by atoms with E-state index in [1.54, 1.807) is 6.21 Å². The maximum absolute atomic E-state index is 5.20. The van der Waals surface area contributed by atoms with Gasteiger partial charge in [-0.15, -0.1) is 10.5 Å². The van der Waals surface area contributed by atoms with Gasteiger partial charge < -0.3 is 5.73 Å². The molecule has 4 N–H and O–H groups in total. The largest absolute Gasteiger partial charge is 0.372 e. The van der Waals surface area contributed by atoms with Crippen molar-refractivity contribution in [3.63, 3.8) is 0 Å². The molecule has 3 nitrogen and oxygen atoms in total. The lowest BCUT2D eigenvalue weighted by molar-refractivity contribution is -0.499. The first-order valence-electron chi connectivity index (χ1n) is 4.15. The molecule has 0 bridgehead atoms. The van der Waals surface area contributed by atoms with Crippen LogP contribution in [-0.4, -0.2) is 11.3 Å². The number of hydrogen-bond donors (Lipinski definition) is 3. The van der Waals surface area contributed by atoms with Gasteiger partial charge in [-0.25, -0.2) is 0 Å². The molecule has 1 rings (SSSR count). The van der Waals surface area contributed by atoms with E-state index in [0.29, 0.717) is 0 Å². The highest BCUT2D eigenvalue weighted by molar-refractivity contribution is 7.80. The molecule has 0 aliphatic heterocycles. The first-order valence-corrected chi connectivity index (χ1v) is 4.56. The maximum Gasteiger partial charge on any atom is 0.221 e. The third-order valence-electron chi connectivity index (χ3n) is 1.46. The van der Waals surface area contributed by atoms with Crippen LogP contribution in [0.1, 0.15) is 5.56 Å². The predicted octanol–water partition coefficient (Wildman–Crippen LogP) is -0.401. The molecule has 0 aliphatic carbocycles. The summed E-state index contributed by atoms with van der Waals surface area (Å²) in [6.45, 7) is 0. The average Bonchev–Trinajstić information content (AvgIpc) is 2.18. The molecular formula is C10H12N3S+. The molecule has 0 atom stereocenters. The highest BCUT2D eigenvalue weighted by Gasteiger charge is 1.83. The van der Waals surface area contributed by atoms with Gasteiger partial charge in [0.05, 0.1) is 0 Å². The van der Waals surface area contributed by atoms with Crippen molar-refractivity contribution in [3.8, 4) is 0 Å². The van der Waals surface area contributed by atoms with Crippen LogP contribution in [0.3, 0.4) is 0 Å². The Bertz CT molecular complexity index is 344. The van der Waals surface area contributed by atoms with E-state index in [1.807, 2.05) is 42.5 Å². The minimum absolute atomic E-state index is 0.217. The van der Waals surface area contributed by atoms with Crippen LogP contribution < -0.4 is 16.3 Å². The molecule has 14 heavy (non-hydrogen) atoms. The van der Waals surface area contributed by atoms with Crippen LogP contribution in [0, 0.1) is 0 Å². The topological polar surface area (TPSA) is 52.0 Å². The normalized spacial score (nSPS) is 10.9. The van der Waals surface area contributed by atoms with Crippen molar-refractivity contribution < 1.29 is 5.10 Å². The molecule has 0 spiro atoms. The van der Waals surface area contributed by atoms with Crippen LogP contribution in [0.4, 0.5) is 0 Å². The van der Waals surface area contributed by atoms with E-state index < -0.39 is 0 Å². The van der Waals surface area contributed by atoms with Crippen molar-refractivity contribution in [2.24, 2.45) is 5.73 Å². The lowest BCUT2D eigenvalue weighted by Crippen LogP contribution is -2.82. The number of nitrogens with one attached hydrogen (secondary N) is 2. The Labute approximate surface area is 88.3 Å². The number of hydrogen-bond acceptors (Lipinski definition) is 1. The highest BCUT2D eigenvalue weighted by atomic mass is 32.1. The maximum atomic E-state index is 5.20. The van der Waals surface area contributed by atoms with Crippen molar-refractivity contribution in [2.75, 3.05) is 0 Å². The Morgan fingerprint density at radius 3 is 2.71 bits per heavy atom. The zero-order valence-electron chi connectivity index (χ0n) is 7.60. The van der Waals surface area contributed by atoms with Gasteiger partial charge in [-0.2, -0.15) is 0 Å². The quantitative estimate of drug-likeness (QED) is 0.358. The standard InChI is InChI=1S/C10H11N3S/c11-10(14)13-12-8-4-7-9-5-2-1-3-6-9/h1-8H,(H3,11,13,14)/p+1/b7-4+,12-8+. The van der Waals surface area contributed by atoms with E-state index in [9.17, 15) is 0 Å². The number of allylic oxidation sites excluding steroid dienone is 1. The van der Waals surface area contributed by atoms with Gasteiger partial charge in [0.1, 0.15) is 0 Å². The Balaban J connectivity index is 2.42. The monoisotopic (exact) mass is 206 g/mol. The van der Waals surface area contributed by atoms with Gasteiger partial charge >= 0.3 is 0 Å². The van der Waals surface area contributed by atoms with Crippen LogP contribution in [0.2, 0.25) is 0 Å². The van der Waals surface area contributed by atoms with Crippen LogP contribution >= 0.6 is 12.2 Å². The highest BCUT2D eigenvalue weighted by Crippen LogP contribution is 1.99. The SMILES string of the molecule is NC(=S)N/[NH+]=C/C=C/c1ccccc1. The van der Waals surface area contributed by atoms with E-state index in [2.05, 4.69) is 22.7 Å². The Morgan fingerprint density at radius 2 is 2.07 bits per heavy atom. The zero-order valence-corrected chi connectivity index (χ0v) is 8.42. The third kappa shape index (κ3) is 4.37. The van der Waals surface area contributed by atoms with Gasteiger partial charge in [-0.3, -0.25) is 0 Å². The summed E-state index contributed by atoms with van der Waals surface area (Å²) in [7, 11) is 0. The smallest absolute Gasteiger partial charge is 0.221 e. The number of nitrogens with two attached hydrogens (primary N) is 1. The fraction of sp³-hybridized carbons (Fsp3) is 0. The van der Waals surface area contributed by atoms with Crippen LogP contribution in [-0.2, 0) is 0 Å². The molecule has 0 aliphatic rings. The molecule has 1 aromatic rings. The molecule has 0 unspecified atom stereocenters. The van der Waals surface area contributed by atoms with E-state index in [4.69, 9.17) is 5.73 Å². The molecule has 4 heteroatoms. The van der Waals surface area contributed by atoms with Crippen molar-refractivity contribution in [1.29, 1.82) is 0 Å². The van der Waals surface area contributed by atoms with Crippen molar-refractivity contribution >= 4 is 29.6 Å².